The fourth-order valence-electron chi connectivity index (χ4n) is 0.714. The van der Waals surface area contributed by atoms with Crippen LogP contribution < -0.4 is 17.2 Å². The van der Waals surface area contributed by atoms with Crippen LogP contribution in [0.25, 0.3) is 0 Å². The van der Waals surface area contributed by atoms with Crippen LogP contribution in [-0.2, 0) is 0 Å². The number of hydrogen-bond acceptors (Lipinski definition) is 3. The zero-order valence-corrected chi connectivity index (χ0v) is 6.77. The zero-order valence-electron chi connectivity index (χ0n) is 6.77. The van der Waals surface area contributed by atoms with Crippen molar-refractivity contribution in [2.75, 3.05) is 5.73 Å². The molecule has 68 valence electrons. The van der Waals surface area contributed by atoms with Crippen molar-refractivity contribution < 1.29 is 4.79 Å². The fraction of sp³-hybridized carbons (Fsp3) is 0. The third-order valence-electron chi connectivity index (χ3n) is 1.26. The highest BCUT2D eigenvalue weighted by Crippen LogP contribution is 2.02. The Morgan fingerprint density at radius 2 is 2.08 bits per heavy atom. The molecule has 13 heavy (non-hydrogen) atoms. The highest BCUT2D eigenvalue weighted by molar-refractivity contribution is 6.01. The average Bonchev–Trinajstić information content (AvgIpc) is 2.04. The lowest BCUT2D eigenvalue weighted by Gasteiger charge is -1.95. The number of hydrogen-bond donors (Lipinski definition) is 3. The van der Waals surface area contributed by atoms with Crippen LogP contribution in [0.1, 0.15) is 10.4 Å². The minimum atomic E-state index is -0.535. The highest BCUT2D eigenvalue weighted by atomic mass is 16.1. The van der Waals surface area contributed by atoms with Gasteiger partial charge in [-0.3, -0.25) is 4.79 Å². The summed E-state index contributed by atoms with van der Waals surface area (Å²) in [5.74, 6) is -0.476. The molecule has 0 saturated carbocycles. The van der Waals surface area contributed by atoms with Crippen molar-refractivity contribution in [2.45, 2.75) is 0 Å². The van der Waals surface area contributed by atoms with Gasteiger partial charge in [0.25, 0.3) is 5.91 Å². The smallest absolute Gasteiger partial charge is 0.281 e. The van der Waals surface area contributed by atoms with Gasteiger partial charge in [0.2, 0.25) is 0 Å². The Labute approximate surface area is 74.5 Å². The summed E-state index contributed by atoms with van der Waals surface area (Å²) in [6, 6.07) is 2.99. The van der Waals surface area contributed by atoms with E-state index in [1.54, 1.807) is 0 Å². The van der Waals surface area contributed by atoms with Gasteiger partial charge < -0.3 is 17.2 Å². The van der Waals surface area contributed by atoms with Crippen molar-refractivity contribution in [2.24, 2.45) is 16.5 Å². The normalized spacial score (nSPS) is 9.23. The molecule has 1 heterocycles. The number of guanidine groups is 1. The largest absolute Gasteiger partial charge is 0.384 e. The Kier molecular flexibility index (Phi) is 2.44. The second-order valence-electron chi connectivity index (χ2n) is 2.31. The zero-order chi connectivity index (χ0) is 9.84. The topological polar surface area (TPSA) is 120 Å². The second kappa shape index (κ2) is 3.53. The highest BCUT2D eigenvalue weighted by Gasteiger charge is 2.03. The monoisotopic (exact) mass is 179 g/mol. The van der Waals surface area contributed by atoms with Gasteiger partial charge in [-0.15, -0.1) is 0 Å². The maximum Gasteiger partial charge on any atom is 0.281 e. The van der Waals surface area contributed by atoms with Crippen molar-refractivity contribution in [1.29, 1.82) is 0 Å². The first-order valence-corrected chi connectivity index (χ1v) is 3.45. The molecule has 1 aromatic heterocycles. The molecule has 6 N–H and O–H groups in total. The number of anilines is 1. The van der Waals surface area contributed by atoms with Gasteiger partial charge >= 0.3 is 0 Å². The summed E-state index contributed by atoms with van der Waals surface area (Å²) in [5, 5.41) is 0. The summed E-state index contributed by atoms with van der Waals surface area (Å²) < 4.78 is 0. The first-order chi connectivity index (χ1) is 6.09. The van der Waals surface area contributed by atoms with Crippen molar-refractivity contribution in [3.63, 3.8) is 0 Å². The Hall–Kier alpha value is -2.11. The van der Waals surface area contributed by atoms with Gasteiger partial charge in [-0.05, 0) is 12.1 Å². The number of aliphatic imine (C=N–C) groups is 1. The van der Waals surface area contributed by atoms with Gasteiger partial charge in [0.1, 0.15) is 5.82 Å². The average molecular weight is 179 g/mol. The lowest BCUT2D eigenvalue weighted by Crippen LogP contribution is -2.24. The molecular formula is C7H9N5O. The molecule has 1 amide bonds. The van der Waals surface area contributed by atoms with Crippen LogP contribution >= 0.6 is 0 Å². The summed E-state index contributed by atoms with van der Waals surface area (Å²) in [4.78, 5) is 18.2. The molecule has 0 radical (unpaired) electrons. The van der Waals surface area contributed by atoms with Crippen LogP contribution in [0.3, 0.4) is 0 Å². The van der Waals surface area contributed by atoms with Gasteiger partial charge in [-0.2, -0.15) is 4.99 Å². The third-order valence-corrected chi connectivity index (χ3v) is 1.26. The maximum absolute atomic E-state index is 11.1. The molecular weight excluding hydrogens is 170 g/mol. The van der Waals surface area contributed by atoms with E-state index < -0.39 is 5.91 Å². The van der Waals surface area contributed by atoms with Gasteiger partial charge in [-0.25, -0.2) is 4.98 Å². The number of nitrogen functional groups attached to an aromatic ring is 1. The molecule has 0 aliphatic carbocycles. The third kappa shape index (κ3) is 2.44. The van der Waals surface area contributed by atoms with E-state index in [2.05, 4.69) is 9.98 Å². The molecule has 0 fully saturated rings. The van der Waals surface area contributed by atoms with Crippen molar-refractivity contribution in [3.05, 3.63) is 23.9 Å². The predicted octanol–water partition coefficient (Wildman–Crippen LogP) is -0.923. The molecule has 1 aromatic rings. The van der Waals surface area contributed by atoms with E-state index in [0.717, 1.165) is 0 Å². The molecule has 0 aromatic carbocycles. The number of rotatable bonds is 1. The van der Waals surface area contributed by atoms with E-state index in [9.17, 15) is 4.79 Å². The number of amides is 1. The Bertz CT molecular complexity index is 338. The minimum absolute atomic E-state index is 0.276. The Morgan fingerprint density at radius 3 is 2.54 bits per heavy atom. The Morgan fingerprint density at radius 1 is 1.38 bits per heavy atom. The first kappa shape index (κ1) is 8.98. The van der Waals surface area contributed by atoms with Gasteiger partial charge in [0.15, 0.2) is 5.96 Å². The molecule has 0 spiro atoms. The molecule has 0 saturated heterocycles. The maximum atomic E-state index is 11.1. The van der Waals surface area contributed by atoms with E-state index >= 15 is 0 Å². The predicted molar refractivity (Wildman–Crippen MR) is 48.8 cm³/mol. The van der Waals surface area contributed by atoms with Crippen molar-refractivity contribution >= 4 is 17.7 Å². The second-order valence-corrected chi connectivity index (χ2v) is 2.31. The van der Waals surface area contributed by atoms with E-state index in [4.69, 9.17) is 17.2 Å². The summed E-state index contributed by atoms with van der Waals surface area (Å²) >= 11 is 0. The lowest BCUT2D eigenvalue weighted by atomic mass is 10.3. The van der Waals surface area contributed by atoms with E-state index in [-0.39, 0.29) is 5.96 Å². The molecule has 0 atom stereocenters. The lowest BCUT2D eigenvalue weighted by molar-refractivity contribution is 0.100. The quantitative estimate of drug-likeness (QED) is 0.380. The molecule has 0 unspecified atom stereocenters. The van der Waals surface area contributed by atoms with E-state index in [1.165, 1.54) is 18.3 Å². The molecule has 6 nitrogen and oxygen atoms in total. The van der Waals surface area contributed by atoms with Crippen LogP contribution in [0.4, 0.5) is 5.82 Å². The SMILES string of the molecule is NC(N)=NC(=O)c1ccc(N)nc1. The number of carbonyl (C=O) groups is 1. The number of carbonyl (C=O) groups excluding carboxylic acids is 1. The summed E-state index contributed by atoms with van der Waals surface area (Å²) in [7, 11) is 0. The van der Waals surface area contributed by atoms with Crippen LogP contribution in [0.15, 0.2) is 23.3 Å². The van der Waals surface area contributed by atoms with E-state index in [1.807, 2.05) is 0 Å². The summed E-state index contributed by atoms with van der Waals surface area (Å²) in [6.45, 7) is 0. The standard InChI is InChI=1S/C7H9N5O/c8-5-2-1-4(3-11-5)6(13)12-7(9)10/h1-3H,(H2,8,11)(H4,9,10,12,13). The molecule has 0 bridgehead atoms. The number of pyridine rings is 1. The summed E-state index contributed by atoms with van der Waals surface area (Å²) in [5.41, 5.74) is 15.7. The van der Waals surface area contributed by atoms with Gasteiger partial charge in [0, 0.05) is 6.20 Å². The Balaban J connectivity index is 2.90. The summed E-state index contributed by atoms with van der Waals surface area (Å²) in [6.07, 6.45) is 1.31. The molecule has 0 aliphatic rings. The fourth-order valence-corrected chi connectivity index (χ4v) is 0.714. The number of nitrogens with zero attached hydrogens (tertiary/aromatic N) is 2. The minimum Gasteiger partial charge on any atom is -0.384 e. The van der Waals surface area contributed by atoms with Crippen LogP contribution in [0.5, 0.6) is 0 Å². The molecule has 0 aliphatic heterocycles. The van der Waals surface area contributed by atoms with Crippen LogP contribution in [-0.4, -0.2) is 16.9 Å². The van der Waals surface area contributed by atoms with E-state index in [0.29, 0.717) is 11.4 Å². The van der Waals surface area contributed by atoms with Gasteiger partial charge in [-0.1, -0.05) is 0 Å². The van der Waals surface area contributed by atoms with Crippen LogP contribution in [0.2, 0.25) is 0 Å². The molecule has 1 rings (SSSR count). The first-order valence-electron chi connectivity index (χ1n) is 3.45. The number of nitrogens with two attached hydrogens (primary N) is 3. The van der Waals surface area contributed by atoms with Crippen LogP contribution in [0, 0.1) is 0 Å². The van der Waals surface area contributed by atoms with Crippen molar-refractivity contribution in [1.82, 2.24) is 4.98 Å². The van der Waals surface area contributed by atoms with Gasteiger partial charge in [0.05, 0.1) is 5.56 Å². The molecule has 6 heteroatoms. The number of aromatic nitrogens is 1. The van der Waals surface area contributed by atoms with Crippen molar-refractivity contribution in [3.8, 4) is 0 Å².